The maximum Gasteiger partial charge on any atom is 0.407 e. The van der Waals surface area contributed by atoms with Crippen molar-refractivity contribution in [2.45, 2.75) is 52.1 Å². The first kappa shape index (κ1) is 30.0. The average Bonchev–Trinajstić information content (AvgIpc) is 2.67. The highest BCUT2D eigenvalue weighted by molar-refractivity contribution is 5.68. The van der Waals surface area contributed by atoms with Crippen molar-refractivity contribution in [3.05, 3.63) is 0 Å². The summed E-state index contributed by atoms with van der Waals surface area (Å²) in [5.74, 6) is -1.81. The number of carboxylic acids is 2. The Morgan fingerprint density at radius 2 is 1.22 bits per heavy atom. The number of hydrogen-bond donors (Lipinski definition) is 3. The van der Waals surface area contributed by atoms with E-state index in [1.165, 1.54) is 0 Å². The maximum atomic E-state index is 11.4. The summed E-state index contributed by atoms with van der Waals surface area (Å²) in [4.78, 5) is 34.6. The van der Waals surface area contributed by atoms with Gasteiger partial charge in [-0.1, -0.05) is 0 Å². The van der Waals surface area contributed by atoms with E-state index in [0.717, 1.165) is 0 Å². The number of amides is 1. The molecule has 11 nitrogen and oxygen atoms in total. The predicted octanol–water partition coefficient (Wildman–Crippen LogP) is 1.59. The van der Waals surface area contributed by atoms with Crippen molar-refractivity contribution in [2.75, 3.05) is 65.8 Å². The van der Waals surface area contributed by atoms with Crippen LogP contribution in [0.1, 0.15) is 46.5 Å². The van der Waals surface area contributed by atoms with Crippen molar-refractivity contribution in [1.29, 1.82) is 0 Å². The third-order valence-corrected chi connectivity index (χ3v) is 3.92. The fraction of sp³-hybridized carbons (Fsp3) is 0.857. The summed E-state index contributed by atoms with van der Waals surface area (Å²) in [7, 11) is 0. The van der Waals surface area contributed by atoms with E-state index in [1.54, 1.807) is 0 Å². The minimum absolute atomic E-state index is 0.0172. The largest absolute Gasteiger partial charge is 0.481 e. The van der Waals surface area contributed by atoms with E-state index in [-0.39, 0.29) is 12.8 Å². The minimum Gasteiger partial charge on any atom is -0.481 e. The number of carbonyl (C=O) groups is 3. The van der Waals surface area contributed by atoms with Gasteiger partial charge in [-0.05, 0) is 33.6 Å². The van der Waals surface area contributed by atoms with Gasteiger partial charge in [0.25, 0.3) is 0 Å². The highest BCUT2D eigenvalue weighted by Gasteiger charge is 2.15. The minimum atomic E-state index is -0.903. The highest BCUT2D eigenvalue weighted by atomic mass is 16.6. The van der Waals surface area contributed by atoms with Crippen LogP contribution in [0.3, 0.4) is 0 Å². The van der Waals surface area contributed by atoms with E-state index >= 15 is 0 Å². The molecule has 0 radical (unpaired) electrons. The Labute approximate surface area is 190 Å². The van der Waals surface area contributed by atoms with Gasteiger partial charge in [0.05, 0.1) is 39.3 Å². The van der Waals surface area contributed by atoms with Crippen LogP contribution >= 0.6 is 0 Å². The number of carboxylic acid groups (broad SMARTS) is 2. The Hall–Kier alpha value is -1.95. The van der Waals surface area contributed by atoms with Gasteiger partial charge in [-0.3, -0.25) is 9.59 Å². The lowest BCUT2D eigenvalue weighted by molar-refractivity contribution is -0.137. The van der Waals surface area contributed by atoms with Crippen LogP contribution in [0.4, 0.5) is 4.79 Å². The molecule has 11 heteroatoms. The van der Waals surface area contributed by atoms with Crippen molar-refractivity contribution in [3.63, 3.8) is 0 Å². The van der Waals surface area contributed by atoms with Crippen molar-refractivity contribution in [3.8, 4) is 0 Å². The van der Waals surface area contributed by atoms with E-state index in [4.69, 9.17) is 29.2 Å². The van der Waals surface area contributed by atoms with Gasteiger partial charge >= 0.3 is 18.0 Å². The van der Waals surface area contributed by atoms with Crippen molar-refractivity contribution >= 4 is 18.0 Å². The number of aliphatic carboxylic acids is 2. The van der Waals surface area contributed by atoms with Gasteiger partial charge in [-0.25, -0.2) is 4.79 Å². The molecule has 0 spiro atoms. The second kappa shape index (κ2) is 18.6. The number of rotatable bonds is 20. The molecule has 0 saturated carbocycles. The fourth-order valence-electron chi connectivity index (χ4n) is 2.45. The monoisotopic (exact) mass is 464 g/mol. The highest BCUT2D eigenvalue weighted by Crippen LogP contribution is 2.06. The van der Waals surface area contributed by atoms with E-state index in [9.17, 15) is 14.4 Å². The van der Waals surface area contributed by atoms with Gasteiger partial charge in [-0.2, -0.15) is 0 Å². The molecule has 0 saturated heterocycles. The van der Waals surface area contributed by atoms with E-state index in [1.807, 2.05) is 25.7 Å². The summed E-state index contributed by atoms with van der Waals surface area (Å²) in [5, 5.41) is 20.2. The van der Waals surface area contributed by atoms with Crippen LogP contribution in [0, 0.1) is 0 Å². The molecular weight excluding hydrogens is 424 g/mol. The summed E-state index contributed by atoms with van der Waals surface area (Å²) in [6.07, 6.45) is 0.889. The van der Waals surface area contributed by atoms with E-state index < -0.39 is 23.6 Å². The SMILES string of the molecule is CC(C)(C)OC(=O)NCCCOCCOCCOCCCN(CCC(=O)O)CCC(=O)O. The Balaban J connectivity index is 3.50. The molecule has 0 aromatic heterocycles. The van der Waals surface area contributed by atoms with Gasteiger partial charge in [0.15, 0.2) is 0 Å². The molecule has 0 bridgehead atoms. The Morgan fingerprint density at radius 3 is 1.69 bits per heavy atom. The molecule has 0 aliphatic heterocycles. The zero-order chi connectivity index (χ0) is 24.2. The second-order valence-electron chi connectivity index (χ2n) is 8.10. The second-order valence-corrected chi connectivity index (χ2v) is 8.10. The van der Waals surface area contributed by atoms with Crippen LogP contribution in [0.5, 0.6) is 0 Å². The first-order chi connectivity index (χ1) is 15.1. The molecule has 0 aliphatic carbocycles. The smallest absolute Gasteiger partial charge is 0.407 e. The molecule has 188 valence electrons. The van der Waals surface area contributed by atoms with Crippen LogP contribution in [0.15, 0.2) is 0 Å². The van der Waals surface area contributed by atoms with Crippen LogP contribution < -0.4 is 5.32 Å². The zero-order valence-corrected chi connectivity index (χ0v) is 19.6. The summed E-state index contributed by atoms with van der Waals surface area (Å²) in [6.45, 7) is 9.90. The summed E-state index contributed by atoms with van der Waals surface area (Å²) in [5.41, 5.74) is -0.508. The first-order valence-electron chi connectivity index (χ1n) is 11.0. The van der Waals surface area contributed by atoms with Crippen molar-refractivity contribution in [1.82, 2.24) is 10.2 Å². The average molecular weight is 465 g/mol. The van der Waals surface area contributed by atoms with E-state index in [2.05, 4.69) is 5.32 Å². The first-order valence-corrected chi connectivity index (χ1v) is 11.0. The third kappa shape index (κ3) is 22.7. The number of carbonyl (C=O) groups excluding carboxylic acids is 1. The molecule has 0 atom stereocenters. The third-order valence-electron chi connectivity index (χ3n) is 3.92. The van der Waals surface area contributed by atoms with Crippen molar-refractivity contribution in [2.24, 2.45) is 0 Å². The number of alkyl carbamates (subject to hydrolysis) is 1. The molecule has 0 heterocycles. The van der Waals surface area contributed by atoms with Gasteiger partial charge < -0.3 is 39.4 Å². The molecule has 0 aliphatic rings. The van der Waals surface area contributed by atoms with Crippen LogP contribution in [-0.2, 0) is 28.5 Å². The standard InChI is InChI=1S/C21H40N2O9/c1-21(2,3)32-20(28)22-8-4-12-29-14-16-31-17-15-30-13-5-9-23(10-6-18(24)25)11-7-19(26)27/h4-17H2,1-3H3,(H,22,28)(H,24,25)(H,26,27). The molecule has 32 heavy (non-hydrogen) atoms. The number of ether oxygens (including phenoxy) is 4. The summed E-state index contributed by atoms with van der Waals surface area (Å²) >= 11 is 0. The van der Waals surface area contributed by atoms with Crippen LogP contribution in [0.25, 0.3) is 0 Å². The van der Waals surface area contributed by atoms with Crippen LogP contribution in [-0.4, -0.2) is 105 Å². The van der Waals surface area contributed by atoms with Gasteiger partial charge in [0.2, 0.25) is 0 Å². The lowest BCUT2D eigenvalue weighted by atomic mass is 10.2. The van der Waals surface area contributed by atoms with Crippen molar-refractivity contribution < 1.29 is 43.5 Å². The van der Waals surface area contributed by atoms with Gasteiger partial charge in [0.1, 0.15) is 5.60 Å². The molecule has 0 aromatic rings. The fourth-order valence-corrected chi connectivity index (χ4v) is 2.45. The van der Waals surface area contributed by atoms with Gasteiger partial charge in [0, 0.05) is 39.4 Å². The summed E-state index contributed by atoms with van der Waals surface area (Å²) < 4.78 is 21.4. The summed E-state index contributed by atoms with van der Waals surface area (Å²) in [6, 6.07) is 0. The normalized spacial score (nSPS) is 11.5. The molecule has 0 rings (SSSR count). The van der Waals surface area contributed by atoms with Crippen LogP contribution in [0.2, 0.25) is 0 Å². The number of hydrogen-bond acceptors (Lipinski definition) is 8. The molecule has 0 fully saturated rings. The molecule has 1 amide bonds. The van der Waals surface area contributed by atoms with E-state index in [0.29, 0.717) is 78.7 Å². The molecular formula is C21H40N2O9. The Bertz CT molecular complexity index is 506. The predicted molar refractivity (Wildman–Crippen MR) is 117 cm³/mol. The number of nitrogens with one attached hydrogen (secondary N) is 1. The Kier molecular flexibility index (Phi) is 17.5. The lowest BCUT2D eigenvalue weighted by Crippen LogP contribution is -2.33. The Morgan fingerprint density at radius 1 is 0.750 bits per heavy atom. The topological polar surface area (TPSA) is 144 Å². The van der Waals surface area contributed by atoms with Gasteiger partial charge in [-0.15, -0.1) is 0 Å². The lowest BCUT2D eigenvalue weighted by Gasteiger charge is -2.20. The quantitative estimate of drug-likeness (QED) is 0.227. The molecule has 0 aromatic carbocycles. The number of nitrogens with zero attached hydrogens (tertiary/aromatic N) is 1. The zero-order valence-electron chi connectivity index (χ0n) is 19.6. The molecule has 3 N–H and O–H groups in total. The maximum absolute atomic E-state index is 11.4. The molecule has 0 unspecified atom stereocenters.